The number of benzene rings is 2. The van der Waals surface area contributed by atoms with Gasteiger partial charge in [-0.25, -0.2) is 0 Å². The number of Topliss-reactive ketones (excluding diaryl/α,β-unsaturated/α-hetero) is 1. The van der Waals surface area contributed by atoms with Gasteiger partial charge in [-0.05, 0) is 55.5 Å². The molecule has 1 atom stereocenters. The van der Waals surface area contributed by atoms with Gasteiger partial charge in [0.1, 0.15) is 5.75 Å². The van der Waals surface area contributed by atoms with E-state index in [0.717, 1.165) is 0 Å². The van der Waals surface area contributed by atoms with E-state index in [0.29, 0.717) is 22.6 Å². The summed E-state index contributed by atoms with van der Waals surface area (Å²) in [5.74, 6) is 0.274. The standard InChI is InChI=1S/C21H22N2O3/c1-14(26-18-11-5-15(13-22)6-12-18)19(24)16-7-9-17(10-8-16)23-20(25)21(2,3)4/h5-12,14H,1-4H3,(H,23,25)/t14-/m1/s1. The number of nitrogens with one attached hydrogen (secondary N) is 1. The summed E-state index contributed by atoms with van der Waals surface area (Å²) >= 11 is 0. The van der Waals surface area contributed by atoms with Gasteiger partial charge < -0.3 is 10.1 Å². The summed E-state index contributed by atoms with van der Waals surface area (Å²) < 4.78 is 5.64. The van der Waals surface area contributed by atoms with Crippen LogP contribution in [0.4, 0.5) is 5.69 Å². The maximum absolute atomic E-state index is 12.5. The van der Waals surface area contributed by atoms with E-state index in [9.17, 15) is 9.59 Å². The average molecular weight is 350 g/mol. The van der Waals surface area contributed by atoms with Gasteiger partial charge in [0.2, 0.25) is 11.7 Å². The van der Waals surface area contributed by atoms with Crippen molar-refractivity contribution in [3.05, 3.63) is 59.7 Å². The molecule has 0 radical (unpaired) electrons. The maximum atomic E-state index is 12.5. The third-order valence-corrected chi connectivity index (χ3v) is 3.77. The zero-order valence-corrected chi connectivity index (χ0v) is 15.4. The molecule has 0 saturated carbocycles. The normalized spacial score (nSPS) is 12.0. The minimum absolute atomic E-state index is 0.0888. The predicted molar refractivity (Wildman–Crippen MR) is 100 cm³/mol. The fourth-order valence-electron chi connectivity index (χ4n) is 2.14. The van der Waals surface area contributed by atoms with Gasteiger partial charge in [0.05, 0.1) is 11.6 Å². The molecule has 2 aromatic rings. The minimum Gasteiger partial charge on any atom is -0.483 e. The first-order chi connectivity index (χ1) is 12.2. The Morgan fingerprint density at radius 2 is 1.62 bits per heavy atom. The Bertz CT molecular complexity index is 826. The van der Waals surface area contributed by atoms with E-state index < -0.39 is 11.5 Å². The molecule has 0 fully saturated rings. The molecular weight excluding hydrogens is 328 g/mol. The summed E-state index contributed by atoms with van der Waals surface area (Å²) in [7, 11) is 0. The smallest absolute Gasteiger partial charge is 0.229 e. The van der Waals surface area contributed by atoms with Crippen LogP contribution < -0.4 is 10.1 Å². The topological polar surface area (TPSA) is 79.2 Å². The number of carbonyl (C=O) groups is 2. The van der Waals surface area contributed by atoms with Crippen LogP contribution in [0, 0.1) is 16.7 Å². The van der Waals surface area contributed by atoms with Gasteiger partial charge in [-0.3, -0.25) is 9.59 Å². The Hall–Kier alpha value is -3.13. The lowest BCUT2D eigenvalue weighted by molar-refractivity contribution is -0.123. The molecular formula is C21H22N2O3. The van der Waals surface area contributed by atoms with E-state index in [2.05, 4.69) is 5.32 Å². The molecule has 5 nitrogen and oxygen atoms in total. The second-order valence-electron chi connectivity index (χ2n) is 7.04. The molecule has 2 rings (SSSR count). The Kier molecular flexibility index (Phi) is 5.78. The van der Waals surface area contributed by atoms with Crippen molar-refractivity contribution in [2.24, 2.45) is 5.41 Å². The van der Waals surface area contributed by atoms with E-state index in [1.54, 1.807) is 55.5 Å². The molecule has 1 N–H and O–H groups in total. The van der Waals surface area contributed by atoms with Crippen LogP contribution in [0.15, 0.2) is 48.5 Å². The van der Waals surface area contributed by atoms with Crippen LogP contribution in [-0.4, -0.2) is 17.8 Å². The Labute approximate surface area is 153 Å². The molecule has 0 saturated heterocycles. The fourth-order valence-corrected chi connectivity index (χ4v) is 2.14. The number of rotatable bonds is 5. The van der Waals surface area contributed by atoms with Crippen molar-refractivity contribution < 1.29 is 14.3 Å². The Balaban J connectivity index is 2.02. The molecule has 5 heteroatoms. The van der Waals surface area contributed by atoms with Crippen LogP contribution in [0.25, 0.3) is 0 Å². The molecule has 0 aliphatic heterocycles. The SMILES string of the molecule is C[C@@H](Oc1ccc(C#N)cc1)C(=O)c1ccc(NC(=O)C(C)(C)C)cc1. The molecule has 0 heterocycles. The number of nitriles is 1. The largest absolute Gasteiger partial charge is 0.483 e. The summed E-state index contributed by atoms with van der Waals surface area (Å²) in [5, 5.41) is 11.6. The molecule has 0 aromatic heterocycles. The van der Waals surface area contributed by atoms with Crippen molar-refractivity contribution in [1.29, 1.82) is 5.26 Å². The first kappa shape index (κ1) is 19.2. The molecule has 0 aliphatic rings. The number of nitrogens with zero attached hydrogens (tertiary/aromatic N) is 1. The van der Waals surface area contributed by atoms with Crippen molar-refractivity contribution >= 4 is 17.4 Å². The number of hydrogen-bond donors (Lipinski definition) is 1. The number of ether oxygens (including phenoxy) is 1. The first-order valence-corrected chi connectivity index (χ1v) is 8.33. The van der Waals surface area contributed by atoms with Crippen LogP contribution in [-0.2, 0) is 4.79 Å². The molecule has 2 aromatic carbocycles. The molecule has 26 heavy (non-hydrogen) atoms. The highest BCUT2D eigenvalue weighted by molar-refractivity contribution is 6.00. The summed E-state index contributed by atoms with van der Waals surface area (Å²) in [6.07, 6.45) is -0.669. The summed E-state index contributed by atoms with van der Waals surface area (Å²) in [5.41, 5.74) is 1.18. The van der Waals surface area contributed by atoms with E-state index in [1.807, 2.05) is 26.8 Å². The molecule has 0 unspecified atom stereocenters. The predicted octanol–water partition coefficient (Wildman–Crippen LogP) is 4.19. The lowest BCUT2D eigenvalue weighted by atomic mass is 9.95. The monoisotopic (exact) mass is 350 g/mol. The summed E-state index contributed by atoms with van der Waals surface area (Å²) in [6.45, 7) is 7.18. The van der Waals surface area contributed by atoms with E-state index in [-0.39, 0.29) is 11.7 Å². The number of amides is 1. The highest BCUT2D eigenvalue weighted by atomic mass is 16.5. The molecule has 0 aliphatic carbocycles. The quantitative estimate of drug-likeness (QED) is 0.820. The summed E-state index contributed by atoms with van der Waals surface area (Å²) in [6, 6.07) is 15.4. The lowest BCUT2D eigenvalue weighted by Crippen LogP contribution is -2.27. The molecule has 134 valence electrons. The van der Waals surface area contributed by atoms with Crippen LogP contribution in [0.1, 0.15) is 43.6 Å². The second-order valence-corrected chi connectivity index (χ2v) is 7.04. The van der Waals surface area contributed by atoms with Gasteiger partial charge in [-0.2, -0.15) is 5.26 Å². The van der Waals surface area contributed by atoms with Crippen LogP contribution in [0.2, 0.25) is 0 Å². The third kappa shape index (κ3) is 4.93. The molecule has 0 spiro atoms. The molecule has 1 amide bonds. The number of carbonyl (C=O) groups excluding carboxylic acids is 2. The van der Waals surface area contributed by atoms with Gasteiger partial charge in [-0.15, -0.1) is 0 Å². The number of hydrogen-bond acceptors (Lipinski definition) is 4. The van der Waals surface area contributed by atoms with Crippen molar-refractivity contribution in [1.82, 2.24) is 0 Å². The van der Waals surface area contributed by atoms with Crippen LogP contribution in [0.3, 0.4) is 0 Å². The minimum atomic E-state index is -0.669. The van der Waals surface area contributed by atoms with E-state index >= 15 is 0 Å². The first-order valence-electron chi connectivity index (χ1n) is 8.33. The van der Waals surface area contributed by atoms with E-state index in [4.69, 9.17) is 10.00 Å². The van der Waals surface area contributed by atoms with Gasteiger partial charge in [0.15, 0.2) is 6.10 Å². The zero-order chi connectivity index (χ0) is 19.3. The Morgan fingerprint density at radius 3 is 2.12 bits per heavy atom. The number of ketones is 1. The fraction of sp³-hybridized carbons (Fsp3) is 0.286. The van der Waals surface area contributed by atoms with Gasteiger partial charge >= 0.3 is 0 Å². The van der Waals surface area contributed by atoms with Crippen molar-refractivity contribution in [2.45, 2.75) is 33.8 Å². The average Bonchev–Trinajstić information content (AvgIpc) is 2.61. The van der Waals surface area contributed by atoms with Gasteiger partial charge in [-0.1, -0.05) is 20.8 Å². The number of anilines is 1. The van der Waals surface area contributed by atoms with E-state index in [1.165, 1.54) is 0 Å². The van der Waals surface area contributed by atoms with Gasteiger partial charge in [0.25, 0.3) is 0 Å². The third-order valence-electron chi connectivity index (χ3n) is 3.77. The van der Waals surface area contributed by atoms with Crippen molar-refractivity contribution in [2.75, 3.05) is 5.32 Å². The maximum Gasteiger partial charge on any atom is 0.229 e. The highest BCUT2D eigenvalue weighted by Gasteiger charge is 2.21. The molecule has 0 bridgehead atoms. The van der Waals surface area contributed by atoms with Crippen molar-refractivity contribution in [3.8, 4) is 11.8 Å². The highest BCUT2D eigenvalue weighted by Crippen LogP contribution is 2.19. The second kappa shape index (κ2) is 7.83. The van der Waals surface area contributed by atoms with Crippen LogP contribution in [0.5, 0.6) is 5.75 Å². The Morgan fingerprint density at radius 1 is 1.04 bits per heavy atom. The zero-order valence-electron chi connectivity index (χ0n) is 15.4. The van der Waals surface area contributed by atoms with Gasteiger partial charge in [0, 0.05) is 16.7 Å². The van der Waals surface area contributed by atoms with Crippen molar-refractivity contribution in [3.63, 3.8) is 0 Å². The summed E-state index contributed by atoms with van der Waals surface area (Å²) in [4.78, 5) is 24.5. The lowest BCUT2D eigenvalue weighted by Gasteiger charge is -2.18. The van der Waals surface area contributed by atoms with Crippen LogP contribution >= 0.6 is 0 Å².